The average Bonchev–Trinajstić information content (AvgIpc) is 2.48. The van der Waals surface area contributed by atoms with Crippen molar-refractivity contribution in [2.24, 2.45) is 16.8 Å². The predicted octanol–water partition coefficient (Wildman–Crippen LogP) is 2.99. The monoisotopic (exact) mass is 435 g/mol. The van der Waals surface area contributed by atoms with Crippen molar-refractivity contribution in [2.45, 2.75) is 33.4 Å². The average molecular weight is 435 g/mol. The van der Waals surface area contributed by atoms with Gasteiger partial charge in [0, 0.05) is 32.2 Å². The van der Waals surface area contributed by atoms with E-state index < -0.39 is 0 Å². The van der Waals surface area contributed by atoms with Crippen LogP contribution in [0.1, 0.15) is 31.4 Å². The summed E-state index contributed by atoms with van der Waals surface area (Å²) in [6.07, 6.45) is 1.26. The summed E-state index contributed by atoms with van der Waals surface area (Å²) in [5, 5.41) is 12.5. The minimum Gasteiger partial charge on any atom is -0.392 e. The van der Waals surface area contributed by atoms with E-state index in [0.29, 0.717) is 23.9 Å². The molecule has 2 rings (SSSR count). The van der Waals surface area contributed by atoms with E-state index >= 15 is 0 Å². The number of guanidine groups is 1. The molecule has 0 bridgehead atoms. The lowest BCUT2D eigenvalue weighted by atomic mass is 9.92. The van der Waals surface area contributed by atoms with Crippen LogP contribution in [0.3, 0.4) is 0 Å². The van der Waals surface area contributed by atoms with E-state index in [1.807, 2.05) is 0 Å². The number of nitrogens with one attached hydrogen (secondary N) is 1. The molecule has 0 saturated carbocycles. The Morgan fingerprint density at radius 3 is 2.57 bits per heavy atom. The van der Waals surface area contributed by atoms with Gasteiger partial charge in [0.2, 0.25) is 0 Å². The first-order valence-electron chi connectivity index (χ1n) is 7.87. The van der Waals surface area contributed by atoms with E-state index in [9.17, 15) is 4.39 Å². The van der Waals surface area contributed by atoms with E-state index in [1.54, 1.807) is 19.2 Å². The Morgan fingerprint density at radius 2 is 2.00 bits per heavy atom. The lowest BCUT2D eigenvalue weighted by Gasteiger charge is -2.37. The number of likely N-dealkylation sites (tertiary alicyclic amines) is 1. The van der Waals surface area contributed by atoms with Crippen LogP contribution in [0.25, 0.3) is 0 Å². The summed E-state index contributed by atoms with van der Waals surface area (Å²) in [6, 6.07) is 4.82. The second kappa shape index (κ2) is 9.42. The number of piperidine rings is 1. The molecular formula is C17H27FIN3O. The molecule has 0 radical (unpaired) electrons. The molecule has 2 unspecified atom stereocenters. The van der Waals surface area contributed by atoms with E-state index in [2.05, 4.69) is 29.1 Å². The first-order valence-corrected chi connectivity index (χ1v) is 7.87. The molecule has 4 nitrogen and oxygen atoms in total. The van der Waals surface area contributed by atoms with Crippen molar-refractivity contribution in [2.75, 3.05) is 20.1 Å². The highest BCUT2D eigenvalue weighted by Gasteiger charge is 2.23. The fraction of sp³-hybridized carbons (Fsp3) is 0.588. The molecule has 6 heteroatoms. The van der Waals surface area contributed by atoms with Crippen molar-refractivity contribution in [1.29, 1.82) is 0 Å². The number of benzene rings is 1. The molecule has 1 saturated heterocycles. The Morgan fingerprint density at radius 1 is 1.35 bits per heavy atom. The summed E-state index contributed by atoms with van der Waals surface area (Å²) in [4.78, 5) is 6.65. The lowest BCUT2D eigenvalue weighted by molar-refractivity contribution is 0.208. The van der Waals surface area contributed by atoms with Gasteiger partial charge in [-0.3, -0.25) is 4.99 Å². The zero-order chi connectivity index (χ0) is 16.1. The molecular weight excluding hydrogens is 408 g/mol. The maximum atomic E-state index is 13.4. The van der Waals surface area contributed by atoms with E-state index in [0.717, 1.165) is 24.6 Å². The highest BCUT2D eigenvalue weighted by Crippen LogP contribution is 2.21. The minimum absolute atomic E-state index is 0. The molecule has 1 fully saturated rings. The van der Waals surface area contributed by atoms with Gasteiger partial charge in [-0.1, -0.05) is 19.9 Å². The van der Waals surface area contributed by atoms with Crippen molar-refractivity contribution in [3.63, 3.8) is 0 Å². The van der Waals surface area contributed by atoms with Crippen LogP contribution in [0.5, 0.6) is 0 Å². The molecule has 1 heterocycles. The van der Waals surface area contributed by atoms with Crippen molar-refractivity contribution in [3.05, 3.63) is 35.1 Å². The number of aliphatic hydroxyl groups excluding tert-OH is 1. The Kier molecular flexibility index (Phi) is 8.25. The summed E-state index contributed by atoms with van der Waals surface area (Å²) >= 11 is 0. The Hall–Kier alpha value is -0.890. The van der Waals surface area contributed by atoms with Gasteiger partial charge in [0.25, 0.3) is 0 Å². The summed E-state index contributed by atoms with van der Waals surface area (Å²) in [6.45, 7) is 6.84. The molecule has 2 atom stereocenters. The van der Waals surface area contributed by atoms with E-state index in [4.69, 9.17) is 5.11 Å². The van der Waals surface area contributed by atoms with Gasteiger partial charge in [-0.2, -0.15) is 0 Å². The molecule has 23 heavy (non-hydrogen) atoms. The Bertz CT molecular complexity index is 529. The lowest BCUT2D eigenvalue weighted by Crippen LogP contribution is -2.48. The van der Waals surface area contributed by atoms with Gasteiger partial charge >= 0.3 is 0 Å². The molecule has 0 amide bonds. The van der Waals surface area contributed by atoms with E-state index in [-0.39, 0.29) is 36.4 Å². The van der Waals surface area contributed by atoms with Crippen LogP contribution in [-0.4, -0.2) is 36.1 Å². The first kappa shape index (κ1) is 20.2. The van der Waals surface area contributed by atoms with Crippen LogP contribution in [0.15, 0.2) is 23.2 Å². The number of hydrogen-bond donors (Lipinski definition) is 2. The van der Waals surface area contributed by atoms with Gasteiger partial charge in [0.05, 0.1) is 6.61 Å². The van der Waals surface area contributed by atoms with Gasteiger partial charge in [-0.05, 0) is 36.0 Å². The molecule has 1 aliphatic heterocycles. The van der Waals surface area contributed by atoms with Crippen molar-refractivity contribution in [3.8, 4) is 0 Å². The fourth-order valence-corrected chi connectivity index (χ4v) is 3.21. The zero-order valence-corrected chi connectivity index (χ0v) is 16.4. The van der Waals surface area contributed by atoms with Crippen molar-refractivity contribution in [1.82, 2.24) is 10.2 Å². The number of rotatable bonds is 3. The molecule has 1 aromatic rings. The van der Waals surface area contributed by atoms with Gasteiger partial charge < -0.3 is 15.3 Å². The topological polar surface area (TPSA) is 47.9 Å². The molecule has 2 N–H and O–H groups in total. The normalized spacial score (nSPS) is 21.8. The molecule has 0 aromatic heterocycles. The third-order valence-electron chi connectivity index (χ3n) is 4.11. The third kappa shape index (κ3) is 5.60. The SMILES string of the molecule is CN=C(NCc1ccc(F)c(CO)c1)N1CC(C)CC(C)C1.I. The maximum Gasteiger partial charge on any atom is 0.193 e. The Labute approximate surface area is 155 Å². The smallest absolute Gasteiger partial charge is 0.193 e. The molecule has 1 aromatic carbocycles. The van der Waals surface area contributed by atoms with E-state index in [1.165, 1.54) is 12.5 Å². The number of aliphatic hydroxyl groups is 1. The number of nitrogens with zero attached hydrogens (tertiary/aromatic N) is 2. The zero-order valence-electron chi connectivity index (χ0n) is 14.1. The van der Waals surface area contributed by atoms with Gasteiger partial charge in [0.1, 0.15) is 5.82 Å². The standard InChI is InChI=1S/C17H26FN3O.HI/c1-12-6-13(2)10-21(9-12)17(19-3)20-8-14-4-5-16(18)15(7-14)11-22;/h4-5,7,12-13,22H,6,8-11H2,1-3H3,(H,19,20);1H. The highest BCUT2D eigenvalue weighted by atomic mass is 127. The molecule has 130 valence electrons. The van der Waals surface area contributed by atoms with Crippen LogP contribution in [-0.2, 0) is 13.2 Å². The highest BCUT2D eigenvalue weighted by molar-refractivity contribution is 14.0. The van der Waals surface area contributed by atoms with Gasteiger partial charge in [-0.15, -0.1) is 24.0 Å². The van der Waals surface area contributed by atoms with Crippen molar-refractivity contribution >= 4 is 29.9 Å². The van der Waals surface area contributed by atoms with Crippen LogP contribution in [0.2, 0.25) is 0 Å². The fourth-order valence-electron chi connectivity index (χ4n) is 3.21. The summed E-state index contributed by atoms with van der Waals surface area (Å²) in [7, 11) is 1.79. The van der Waals surface area contributed by atoms with Crippen LogP contribution in [0.4, 0.5) is 4.39 Å². The second-order valence-electron chi connectivity index (χ2n) is 6.34. The first-order chi connectivity index (χ1) is 10.5. The largest absolute Gasteiger partial charge is 0.392 e. The molecule has 1 aliphatic rings. The number of halogens is 2. The summed E-state index contributed by atoms with van der Waals surface area (Å²) in [5.41, 5.74) is 1.26. The van der Waals surface area contributed by atoms with Gasteiger partial charge in [-0.25, -0.2) is 4.39 Å². The summed E-state index contributed by atoms with van der Waals surface area (Å²) in [5.74, 6) is 1.84. The third-order valence-corrected chi connectivity index (χ3v) is 4.11. The number of aliphatic imine (C=N–C) groups is 1. The van der Waals surface area contributed by atoms with Gasteiger partial charge in [0.15, 0.2) is 5.96 Å². The predicted molar refractivity (Wildman–Crippen MR) is 102 cm³/mol. The van der Waals surface area contributed by atoms with Crippen LogP contribution >= 0.6 is 24.0 Å². The van der Waals surface area contributed by atoms with Crippen LogP contribution < -0.4 is 5.32 Å². The summed E-state index contributed by atoms with van der Waals surface area (Å²) < 4.78 is 13.4. The van der Waals surface area contributed by atoms with Crippen molar-refractivity contribution < 1.29 is 9.50 Å². The minimum atomic E-state index is -0.366. The number of hydrogen-bond acceptors (Lipinski definition) is 2. The van der Waals surface area contributed by atoms with Crippen LogP contribution in [0, 0.1) is 17.7 Å². The Balaban J connectivity index is 0.00000264. The maximum absolute atomic E-state index is 13.4. The molecule has 0 aliphatic carbocycles. The quantitative estimate of drug-likeness (QED) is 0.436. The molecule has 0 spiro atoms. The second-order valence-corrected chi connectivity index (χ2v) is 6.34.